The third kappa shape index (κ3) is 3.03. The van der Waals surface area contributed by atoms with Crippen molar-refractivity contribution >= 4 is 34.4 Å². The Kier molecular flexibility index (Phi) is 3.73. The van der Waals surface area contributed by atoms with Crippen LogP contribution < -0.4 is 11.1 Å². The number of nitrogens with one attached hydrogen (secondary N) is 1. The van der Waals surface area contributed by atoms with Crippen LogP contribution in [0.5, 0.6) is 0 Å². The first-order valence-corrected chi connectivity index (χ1v) is 6.33. The van der Waals surface area contributed by atoms with E-state index in [-0.39, 0.29) is 5.11 Å². The summed E-state index contributed by atoms with van der Waals surface area (Å²) in [6.45, 7) is 0. The molecule has 4 N–H and O–H groups in total. The van der Waals surface area contributed by atoms with Crippen molar-refractivity contribution < 1.29 is 5.11 Å². The number of aliphatic hydroxyl groups excluding tert-OH is 1. The molecule has 0 aliphatic carbocycles. The second-order valence-electron chi connectivity index (χ2n) is 3.53. The molecule has 0 aliphatic rings. The highest BCUT2D eigenvalue weighted by molar-refractivity contribution is 7.80. The van der Waals surface area contributed by atoms with Gasteiger partial charge < -0.3 is 16.2 Å². The smallest absolute Gasteiger partial charge is 0.168 e. The van der Waals surface area contributed by atoms with Gasteiger partial charge >= 0.3 is 0 Å². The fourth-order valence-electron chi connectivity index (χ4n) is 1.54. The molecule has 1 atom stereocenters. The van der Waals surface area contributed by atoms with Crippen LogP contribution in [0, 0.1) is 0 Å². The third-order valence-electron chi connectivity index (χ3n) is 2.28. The number of hydrogen-bond donors (Lipinski definition) is 3. The van der Waals surface area contributed by atoms with Crippen molar-refractivity contribution in [3.8, 4) is 0 Å². The van der Waals surface area contributed by atoms with Gasteiger partial charge in [-0.2, -0.15) is 0 Å². The fourth-order valence-corrected chi connectivity index (χ4v) is 2.39. The molecule has 2 aromatic rings. The number of thiophene rings is 1. The van der Waals surface area contributed by atoms with Gasteiger partial charge in [-0.25, -0.2) is 0 Å². The van der Waals surface area contributed by atoms with Crippen molar-refractivity contribution in [2.75, 3.05) is 5.32 Å². The van der Waals surface area contributed by atoms with Crippen molar-refractivity contribution in [2.24, 2.45) is 5.73 Å². The Morgan fingerprint density at radius 2 is 2.18 bits per heavy atom. The molecule has 0 spiro atoms. The van der Waals surface area contributed by atoms with E-state index in [1.165, 1.54) is 11.3 Å². The van der Waals surface area contributed by atoms with Crippen molar-refractivity contribution in [1.82, 2.24) is 0 Å². The van der Waals surface area contributed by atoms with Gasteiger partial charge in [-0.3, -0.25) is 0 Å². The average Bonchev–Trinajstić information content (AvgIpc) is 2.81. The first-order chi connectivity index (χ1) is 8.16. The number of anilines is 1. The molecule has 17 heavy (non-hydrogen) atoms. The Hall–Kier alpha value is -1.43. The standard InChI is InChI=1S/C12H12N2OS2/c13-12(16)14-9-4-1-3-8(7-9)11(15)10-5-2-6-17-10/h1-7,11,15H,(H3,13,14,16). The summed E-state index contributed by atoms with van der Waals surface area (Å²) in [5.74, 6) is 0. The summed E-state index contributed by atoms with van der Waals surface area (Å²) in [6, 6.07) is 11.2. The highest BCUT2D eigenvalue weighted by atomic mass is 32.1. The molecule has 0 radical (unpaired) electrons. The van der Waals surface area contributed by atoms with E-state index >= 15 is 0 Å². The zero-order valence-corrected chi connectivity index (χ0v) is 10.6. The number of nitrogens with two attached hydrogens (primary N) is 1. The van der Waals surface area contributed by atoms with Crippen molar-refractivity contribution in [3.63, 3.8) is 0 Å². The molecule has 0 bridgehead atoms. The number of rotatable bonds is 3. The largest absolute Gasteiger partial charge is 0.383 e. The summed E-state index contributed by atoms with van der Waals surface area (Å²) in [5.41, 5.74) is 7.00. The van der Waals surface area contributed by atoms with Gasteiger partial charge in [0.2, 0.25) is 0 Å². The van der Waals surface area contributed by atoms with E-state index in [9.17, 15) is 5.11 Å². The minimum absolute atomic E-state index is 0.216. The van der Waals surface area contributed by atoms with Crippen molar-refractivity contribution in [1.29, 1.82) is 0 Å². The molecule has 2 rings (SSSR count). The second-order valence-corrected chi connectivity index (χ2v) is 4.95. The minimum atomic E-state index is -0.608. The zero-order chi connectivity index (χ0) is 12.3. The van der Waals surface area contributed by atoms with E-state index < -0.39 is 6.10 Å². The lowest BCUT2D eigenvalue weighted by atomic mass is 10.1. The first kappa shape index (κ1) is 12.0. The Labute approximate surface area is 109 Å². The van der Waals surface area contributed by atoms with E-state index in [0.717, 1.165) is 16.1 Å². The lowest BCUT2D eigenvalue weighted by Gasteiger charge is -2.11. The Balaban J connectivity index is 2.24. The number of benzene rings is 1. The maximum Gasteiger partial charge on any atom is 0.168 e. The Morgan fingerprint density at radius 3 is 2.82 bits per heavy atom. The highest BCUT2D eigenvalue weighted by Gasteiger charge is 2.11. The van der Waals surface area contributed by atoms with Crippen molar-refractivity contribution in [2.45, 2.75) is 6.10 Å². The van der Waals surface area contributed by atoms with Crippen LogP contribution >= 0.6 is 23.6 Å². The lowest BCUT2D eigenvalue weighted by molar-refractivity contribution is 0.224. The van der Waals surface area contributed by atoms with Crippen LogP contribution in [0.4, 0.5) is 5.69 Å². The van der Waals surface area contributed by atoms with Crippen LogP contribution in [0.1, 0.15) is 16.5 Å². The zero-order valence-electron chi connectivity index (χ0n) is 8.96. The number of hydrogen-bond acceptors (Lipinski definition) is 3. The Bertz CT molecular complexity index is 511. The van der Waals surface area contributed by atoms with Crippen LogP contribution in [-0.4, -0.2) is 10.2 Å². The van der Waals surface area contributed by atoms with Crippen LogP contribution in [0.25, 0.3) is 0 Å². The monoisotopic (exact) mass is 264 g/mol. The predicted octanol–water partition coefficient (Wildman–Crippen LogP) is 2.49. The quantitative estimate of drug-likeness (QED) is 0.745. The van der Waals surface area contributed by atoms with Crippen LogP contribution in [-0.2, 0) is 0 Å². The molecule has 0 aliphatic heterocycles. The van der Waals surface area contributed by atoms with E-state index in [4.69, 9.17) is 18.0 Å². The van der Waals surface area contributed by atoms with E-state index in [0.29, 0.717) is 0 Å². The molecule has 0 saturated heterocycles. The molecule has 5 heteroatoms. The lowest BCUT2D eigenvalue weighted by Crippen LogP contribution is -2.18. The van der Waals surface area contributed by atoms with Gasteiger partial charge in [0.15, 0.2) is 5.11 Å². The van der Waals surface area contributed by atoms with E-state index in [2.05, 4.69) is 5.32 Å². The third-order valence-corrected chi connectivity index (χ3v) is 3.31. The fraction of sp³-hybridized carbons (Fsp3) is 0.0833. The summed E-state index contributed by atoms with van der Waals surface area (Å²) < 4.78 is 0. The Morgan fingerprint density at radius 1 is 1.35 bits per heavy atom. The average molecular weight is 264 g/mol. The van der Waals surface area contributed by atoms with Gasteiger partial charge in [0.05, 0.1) is 0 Å². The minimum Gasteiger partial charge on any atom is -0.383 e. The summed E-state index contributed by atoms with van der Waals surface area (Å²) in [5, 5.41) is 15.2. The molecule has 1 heterocycles. The molecule has 0 amide bonds. The molecule has 3 nitrogen and oxygen atoms in total. The summed E-state index contributed by atoms with van der Waals surface area (Å²) in [6.07, 6.45) is -0.608. The van der Waals surface area contributed by atoms with Gasteiger partial charge in [-0.1, -0.05) is 18.2 Å². The molecule has 1 aromatic heterocycles. The molecule has 0 fully saturated rings. The van der Waals surface area contributed by atoms with Crippen LogP contribution in [0.2, 0.25) is 0 Å². The SMILES string of the molecule is NC(=S)Nc1cccc(C(O)c2cccs2)c1. The first-order valence-electron chi connectivity index (χ1n) is 5.04. The van der Waals surface area contributed by atoms with Gasteiger partial charge in [0.25, 0.3) is 0 Å². The molecule has 1 unspecified atom stereocenters. The second kappa shape index (κ2) is 5.27. The molecular weight excluding hydrogens is 252 g/mol. The maximum atomic E-state index is 10.2. The topological polar surface area (TPSA) is 58.3 Å². The van der Waals surface area contributed by atoms with Gasteiger partial charge in [-0.15, -0.1) is 11.3 Å². The van der Waals surface area contributed by atoms with E-state index in [1.807, 2.05) is 41.8 Å². The molecule has 88 valence electrons. The summed E-state index contributed by atoms with van der Waals surface area (Å²) in [4.78, 5) is 0.914. The maximum absolute atomic E-state index is 10.2. The molecular formula is C12H12N2OS2. The number of thiocarbonyl (C=S) groups is 1. The van der Waals surface area contributed by atoms with Gasteiger partial charge in [0, 0.05) is 10.6 Å². The summed E-state index contributed by atoms with van der Waals surface area (Å²) >= 11 is 6.30. The molecule has 0 saturated carbocycles. The van der Waals surface area contributed by atoms with Gasteiger partial charge in [-0.05, 0) is 41.4 Å². The number of aliphatic hydroxyl groups is 1. The summed E-state index contributed by atoms with van der Waals surface area (Å²) in [7, 11) is 0. The van der Waals surface area contributed by atoms with Crippen LogP contribution in [0.15, 0.2) is 41.8 Å². The normalized spacial score (nSPS) is 12.1. The predicted molar refractivity (Wildman–Crippen MR) is 75.2 cm³/mol. The van der Waals surface area contributed by atoms with E-state index in [1.54, 1.807) is 0 Å². The molecule has 1 aromatic carbocycles. The van der Waals surface area contributed by atoms with Crippen molar-refractivity contribution in [3.05, 3.63) is 52.2 Å². The van der Waals surface area contributed by atoms with Crippen LogP contribution in [0.3, 0.4) is 0 Å². The van der Waals surface area contributed by atoms with Gasteiger partial charge in [0.1, 0.15) is 6.10 Å². The highest BCUT2D eigenvalue weighted by Crippen LogP contribution is 2.27.